The predicted octanol–water partition coefficient (Wildman–Crippen LogP) is 5.02. The SMILES string of the molecule is CCc1cccc(-n2ncc(C)c2-c2cc3ccccc3s2)n1. The summed E-state index contributed by atoms with van der Waals surface area (Å²) in [6.07, 6.45) is 2.84. The molecule has 3 heterocycles. The Kier molecular flexibility index (Phi) is 3.46. The van der Waals surface area contributed by atoms with Crippen molar-refractivity contribution in [2.24, 2.45) is 0 Å². The second-order valence-corrected chi connectivity index (χ2v) is 6.66. The first-order chi connectivity index (χ1) is 11.3. The molecule has 0 unspecified atom stereocenters. The molecule has 4 aromatic rings. The van der Waals surface area contributed by atoms with Crippen molar-refractivity contribution in [2.45, 2.75) is 20.3 Å². The molecule has 0 aliphatic carbocycles. The van der Waals surface area contributed by atoms with E-state index in [1.165, 1.54) is 20.5 Å². The molecule has 0 aliphatic heterocycles. The molecule has 0 saturated heterocycles. The van der Waals surface area contributed by atoms with E-state index in [4.69, 9.17) is 4.98 Å². The van der Waals surface area contributed by atoms with Crippen molar-refractivity contribution in [2.75, 3.05) is 0 Å². The minimum atomic E-state index is 0.880. The van der Waals surface area contributed by atoms with Gasteiger partial charge >= 0.3 is 0 Å². The Morgan fingerprint density at radius 2 is 1.96 bits per heavy atom. The zero-order valence-corrected chi connectivity index (χ0v) is 14.0. The third-order valence-electron chi connectivity index (χ3n) is 3.98. The topological polar surface area (TPSA) is 30.7 Å². The van der Waals surface area contributed by atoms with E-state index in [0.29, 0.717) is 0 Å². The summed E-state index contributed by atoms with van der Waals surface area (Å²) in [6, 6.07) is 16.8. The van der Waals surface area contributed by atoms with Crippen molar-refractivity contribution in [3.05, 3.63) is 66.0 Å². The van der Waals surface area contributed by atoms with Gasteiger partial charge in [0.1, 0.15) is 0 Å². The van der Waals surface area contributed by atoms with Crippen LogP contribution < -0.4 is 0 Å². The molecule has 0 N–H and O–H groups in total. The molecule has 4 rings (SSSR count). The lowest BCUT2D eigenvalue weighted by molar-refractivity contribution is 0.840. The number of benzene rings is 1. The van der Waals surface area contributed by atoms with Gasteiger partial charge in [-0.25, -0.2) is 9.67 Å². The second kappa shape index (κ2) is 5.63. The summed E-state index contributed by atoms with van der Waals surface area (Å²) in [5.41, 5.74) is 3.38. The van der Waals surface area contributed by atoms with E-state index in [-0.39, 0.29) is 0 Å². The van der Waals surface area contributed by atoms with E-state index in [1.807, 2.05) is 23.0 Å². The van der Waals surface area contributed by atoms with Gasteiger partial charge in [-0.3, -0.25) is 0 Å². The van der Waals surface area contributed by atoms with Crippen molar-refractivity contribution in [1.82, 2.24) is 14.8 Å². The normalized spacial score (nSPS) is 11.2. The maximum Gasteiger partial charge on any atom is 0.154 e. The van der Waals surface area contributed by atoms with Gasteiger partial charge in [0.25, 0.3) is 0 Å². The highest BCUT2D eigenvalue weighted by atomic mass is 32.1. The van der Waals surface area contributed by atoms with Crippen LogP contribution in [0, 0.1) is 6.92 Å². The molecule has 0 radical (unpaired) electrons. The monoisotopic (exact) mass is 319 g/mol. The van der Waals surface area contributed by atoms with Gasteiger partial charge in [-0.15, -0.1) is 11.3 Å². The summed E-state index contributed by atoms with van der Waals surface area (Å²) in [5.74, 6) is 0.880. The Hall–Kier alpha value is -2.46. The third-order valence-corrected chi connectivity index (χ3v) is 5.11. The molecule has 0 aliphatic rings. The van der Waals surface area contributed by atoms with Crippen LogP contribution in [0.1, 0.15) is 18.2 Å². The highest BCUT2D eigenvalue weighted by molar-refractivity contribution is 7.22. The molecule has 23 heavy (non-hydrogen) atoms. The highest BCUT2D eigenvalue weighted by Crippen LogP contribution is 2.35. The number of fused-ring (bicyclic) bond motifs is 1. The molecule has 0 atom stereocenters. The lowest BCUT2D eigenvalue weighted by atomic mass is 10.2. The van der Waals surface area contributed by atoms with Crippen LogP contribution in [0.25, 0.3) is 26.5 Å². The third kappa shape index (κ3) is 2.45. The van der Waals surface area contributed by atoms with Crippen LogP contribution in [-0.4, -0.2) is 14.8 Å². The average Bonchev–Trinajstić information content (AvgIpc) is 3.17. The minimum Gasteiger partial charge on any atom is -0.234 e. The van der Waals surface area contributed by atoms with Gasteiger partial charge in [0.2, 0.25) is 0 Å². The van der Waals surface area contributed by atoms with Crippen molar-refractivity contribution in [1.29, 1.82) is 0 Å². The number of aromatic nitrogens is 3. The van der Waals surface area contributed by atoms with Crippen molar-refractivity contribution in [3.8, 4) is 16.4 Å². The molecule has 0 bridgehead atoms. The van der Waals surface area contributed by atoms with Gasteiger partial charge in [0, 0.05) is 10.4 Å². The average molecular weight is 319 g/mol. The number of nitrogens with zero attached hydrogens (tertiary/aromatic N) is 3. The summed E-state index contributed by atoms with van der Waals surface area (Å²) in [5, 5.41) is 5.84. The van der Waals surface area contributed by atoms with Crippen LogP contribution in [0.5, 0.6) is 0 Å². The van der Waals surface area contributed by atoms with Crippen LogP contribution in [-0.2, 0) is 6.42 Å². The van der Waals surface area contributed by atoms with Gasteiger partial charge in [0.05, 0.1) is 16.8 Å². The fourth-order valence-corrected chi connectivity index (χ4v) is 3.94. The van der Waals surface area contributed by atoms with Crippen molar-refractivity contribution < 1.29 is 0 Å². The van der Waals surface area contributed by atoms with Gasteiger partial charge < -0.3 is 0 Å². The van der Waals surface area contributed by atoms with Crippen LogP contribution in [0.15, 0.2) is 54.7 Å². The van der Waals surface area contributed by atoms with Crippen LogP contribution in [0.2, 0.25) is 0 Å². The minimum absolute atomic E-state index is 0.880. The number of hydrogen-bond donors (Lipinski definition) is 0. The summed E-state index contributed by atoms with van der Waals surface area (Å²) in [6.45, 7) is 4.22. The molecule has 3 nitrogen and oxygen atoms in total. The fourth-order valence-electron chi connectivity index (χ4n) is 2.78. The Morgan fingerprint density at radius 3 is 2.78 bits per heavy atom. The summed E-state index contributed by atoms with van der Waals surface area (Å²) >= 11 is 1.80. The number of thiophene rings is 1. The van der Waals surface area contributed by atoms with Crippen LogP contribution >= 0.6 is 11.3 Å². The molecule has 0 fully saturated rings. The standard InChI is InChI=1S/C19H17N3S/c1-3-15-8-6-10-18(21-15)22-19(13(2)12-20-22)17-11-14-7-4-5-9-16(14)23-17/h4-12H,3H2,1-2H3. The summed E-state index contributed by atoms with van der Waals surface area (Å²) < 4.78 is 3.25. The zero-order valence-electron chi connectivity index (χ0n) is 13.2. The first-order valence-electron chi connectivity index (χ1n) is 7.76. The molecular weight excluding hydrogens is 302 g/mol. The smallest absolute Gasteiger partial charge is 0.154 e. The van der Waals surface area contributed by atoms with E-state index >= 15 is 0 Å². The van der Waals surface area contributed by atoms with Gasteiger partial charge in [-0.2, -0.15) is 5.10 Å². The highest BCUT2D eigenvalue weighted by Gasteiger charge is 2.15. The zero-order chi connectivity index (χ0) is 15.8. The molecule has 4 heteroatoms. The first kappa shape index (κ1) is 14.2. The van der Waals surface area contributed by atoms with Crippen LogP contribution in [0.4, 0.5) is 0 Å². The second-order valence-electron chi connectivity index (χ2n) is 5.58. The largest absolute Gasteiger partial charge is 0.234 e. The lowest BCUT2D eigenvalue weighted by Gasteiger charge is -2.07. The molecule has 0 amide bonds. The Morgan fingerprint density at radius 1 is 1.09 bits per heavy atom. The molecule has 0 saturated carbocycles. The van der Waals surface area contributed by atoms with Gasteiger partial charge in [-0.05, 0) is 48.6 Å². The van der Waals surface area contributed by atoms with Gasteiger partial charge in [0.15, 0.2) is 5.82 Å². The predicted molar refractivity (Wildman–Crippen MR) is 96.3 cm³/mol. The number of rotatable bonds is 3. The molecule has 1 aromatic carbocycles. The maximum absolute atomic E-state index is 4.72. The molecule has 3 aromatic heterocycles. The number of aryl methyl sites for hydroxylation is 2. The molecule has 114 valence electrons. The van der Waals surface area contributed by atoms with Crippen molar-refractivity contribution in [3.63, 3.8) is 0 Å². The van der Waals surface area contributed by atoms with E-state index in [0.717, 1.165) is 23.6 Å². The number of hydrogen-bond acceptors (Lipinski definition) is 3. The molecular formula is C19H17N3S. The Balaban J connectivity index is 1.90. The van der Waals surface area contributed by atoms with E-state index in [9.17, 15) is 0 Å². The summed E-state index contributed by atoms with van der Waals surface area (Å²) in [4.78, 5) is 5.95. The summed E-state index contributed by atoms with van der Waals surface area (Å²) in [7, 11) is 0. The Labute approximate surface area is 139 Å². The quantitative estimate of drug-likeness (QED) is 0.531. The lowest BCUT2D eigenvalue weighted by Crippen LogP contribution is -2.03. The Bertz CT molecular complexity index is 948. The van der Waals surface area contributed by atoms with Crippen molar-refractivity contribution >= 4 is 21.4 Å². The van der Waals surface area contributed by atoms with E-state index in [2.05, 4.69) is 55.3 Å². The van der Waals surface area contributed by atoms with Gasteiger partial charge in [-0.1, -0.05) is 31.2 Å². The molecule has 0 spiro atoms. The van der Waals surface area contributed by atoms with E-state index in [1.54, 1.807) is 11.3 Å². The fraction of sp³-hybridized carbons (Fsp3) is 0.158. The van der Waals surface area contributed by atoms with Crippen LogP contribution in [0.3, 0.4) is 0 Å². The van der Waals surface area contributed by atoms with E-state index < -0.39 is 0 Å². The number of pyridine rings is 1. The first-order valence-corrected chi connectivity index (χ1v) is 8.58. The maximum atomic E-state index is 4.72.